The van der Waals surface area contributed by atoms with Gasteiger partial charge in [0.05, 0.1) is 18.7 Å². The Bertz CT molecular complexity index is 666. The van der Waals surface area contributed by atoms with Crippen molar-refractivity contribution in [1.82, 2.24) is 9.97 Å². The molecule has 0 spiro atoms. The molecule has 0 saturated carbocycles. The lowest BCUT2D eigenvalue weighted by molar-refractivity contribution is 0.150. The molecule has 1 aliphatic rings. The average molecular weight is 284 g/mol. The third kappa shape index (κ3) is 3.13. The second-order valence-electron chi connectivity index (χ2n) is 5.34. The van der Waals surface area contributed by atoms with Crippen molar-refractivity contribution in [2.45, 2.75) is 6.42 Å². The summed E-state index contributed by atoms with van der Waals surface area (Å²) in [5.41, 5.74) is 2.22. The summed E-state index contributed by atoms with van der Waals surface area (Å²) in [6, 6.07) is 8.06. The van der Waals surface area contributed by atoms with Crippen molar-refractivity contribution in [2.24, 2.45) is 0 Å². The first kappa shape index (κ1) is 13.8. The van der Waals surface area contributed by atoms with Crippen LogP contribution >= 0.6 is 0 Å². The monoisotopic (exact) mass is 284 g/mol. The molecule has 110 valence electrons. The highest BCUT2D eigenvalue weighted by Gasteiger charge is 2.10. The van der Waals surface area contributed by atoms with Gasteiger partial charge in [0.15, 0.2) is 0 Å². The van der Waals surface area contributed by atoms with Gasteiger partial charge in [-0.3, -0.25) is 0 Å². The fraction of sp³-hybridized carbons (Fsp3) is 0.375. The van der Waals surface area contributed by atoms with Gasteiger partial charge in [0.25, 0.3) is 0 Å². The molecule has 1 aromatic heterocycles. The van der Waals surface area contributed by atoms with Crippen LogP contribution in [0.25, 0.3) is 10.9 Å². The van der Waals surface area contributed by atoms with E-state index in [4.69, 9.17) is 4.74 Å². The predicted octanol–water partition coefficient (Wildman–Crippen LogP) is 2.45. The maximum Gasteiger partial charge on any atom is 0.227 e. The van der Waals surface area contributed by atoms with E-state index in [0.29, 0.717) is 12.6 Å². The maximum absolute atomic E-state index is 5.47. The molecule has 0 radical (unpaired) electrons. The zero-order valence-corrected chi connectivity index (χ0v) is 12.5. The van der Waals surface area contributed by atoms with Crippen LogP contribution in [-0.4, -0.2) is 43.8 Å². The van der Waals surface area contributed by atoms with Gasteiger partial charge in [-0.05, 0) is 24.1 Å². The van der Waals surface area contributed by atoms with Crippen LogP contribution in [0.2, 0.25) is 0 Å². The highest BCUT2D eigenvalue weighted by Crippen LogP contribution is 2.23. The molecule has 5 heteroatoms. The number of nitrogens with one attached hydrogen (secondary N) is 1. The van der Waals surface area contributed by atoms with Crippen LogP contribution in [0.15, 0.2) is 35.9 Å². The van der Waals surface area contributed by atoms with Gasteiger partial charge in [-0.25, -0.2) is 4.98 Å². The van der Waals surface area contributed by atoms with Crippen LogP contribution in [0, 0.1) is 0 Å². The number of rotatable bonds is 4. The van der Waals surface area contributed by atoms with Crippen molar-refractivity contribution in [3.63, 3.8) is 0 Å². The lowest BCUT2D eigenvalue weighted by atomic mass is 10.2. The molecule has 5 nitrogen and oxygen atoms in total. The number of anilines is 2. The standard InChI is InChI=1S/C16H20N4O/c1-20(2)16-18-14-8-4-3-7-13(14)15(19-16)17-10-12-6-5-9-21-11-12/h3-4,6-8H,5,9-11H2,1-2H3,(H,17,18,19). The molecule has 0 aliphatic carbocycles. The Hall–Kier alpha value is -2.14. The zero-order chi connectivity index (χ0) is 14.7. The number of aromatic nitrogens is 2. The average Bonchev–Trinajstić information content (AvgIpc) is 2.53. The molecule has 21 heavy (non-hydrogen) atoms. The van der Waals surface area contributed by atoms with Crippen LogP contribution < -0.4 is 10.2 Å². The van der Waals surface area contributed by atoms with E-state index in [1.54, 1.807) is 0 Å². The Labute approximate surface area is 124 Å². The first-order chi connectivity index (χ1) is 10.2. The molecule has 0 atom stereocenters. The topological polar surface area (TPSA) is 50.3 Å². The smallest absolute Gasteiger partial charge is 0.227 e. The highest BCUT2D eigenvalue weighted by molar-refractivity contribution is 5.90. The lowest BCUT2D eigenvalue weighted by Gasteiger charge is -2.17. The van der Waals surface area contributed by atoms with E-state index in [1.807, 2.05) is 43.3 Å². The Morgan fingerprint density at radius 2 is 2.10 bits per heavy atom. The number of nitrogens with zero attached hydrogens (tertiary/aromatic N) is 3. The van der Waals surface area contributed by atoms with Gasteiger partial charge in [0.2, 0.25) is 5.95 Å². The fourth-order valence-electron chi connectivity index (χ4n) is 2.33. The third-order valence-corrected chi connectivity index (χ3v) is 3.46. The number of benzene rings is 1. The lowest BCUT2D eigenvalue weighted by Crippen LogP contribution is -2.17. The van der Waals surface area contributed by atoms with Crippen LogP contribution in [0.4, 0.5) is 11.8 Å². The molecular weight excluding hydrogens is 264 g/mol. The second-order valence-corrected chi connectivity index (χ2v) is 5.34. The summed E-state index contributed by atoms with van der Waals surface area (Å²) in [7, 11) is 3.90. The van der Waals surface area contributed by atoms with E-state index >= 15 is 0 Å². The first-order valence-electron chi connectivity index (χ1n) is 7.17. The minimum absolute atomic E-state index is 0.705. The Morgan fingerprint density at radius 1 is 1.24 bits per heavy atom. The number of ether oxygens (including phenoxy) is 1. The van der Waals surface area contributed by atoms with Crippen LogP contribution in [0.1, 0.15) is 6.42 Å². The van der Waals surface area contributed by atoms with E-state index in [2.05, 4.69) is 21.4 Å². The highest BCUT2D eigenvalue weighted by atomic mass is 16.5. The Kier molecular flexibility index (Phi) is 4.01. The molecule has 0 saturated heterocycles. The van der Waals surface area contributed by atoms with Gasteiger partial charge in [-0.15, -0.1) is 0 Å². The molecule has 0 bridgehead atoms. The third-order valence-electron chi connectivity index (χ3n) is 3.46. The van der Waals surface area contributed by atoms with Gasteiger partial charge in [-0.1, -0.05) is 18.2 Å². The molecule has 3 rings (SSSR count). The van der Waals surface area contributed by atoms with Gasteiger partial charge in [0, 0.05) is 26.0 Å². The summed E-state index contributed by atoms with van der Waals surface area (Å²) >= 11 is 0. The minimum atomic E-state index is 0.705. The van der Waals surface area contributed by atoms with E-state index in [1.165, 1.54) is 5.57 Å². The second kappa shape index (κ2) is 6.10. The van der Waals surface area contributed by atoms with E-state index < -0.39 is 0 Å². The van der Waals surface area contributed by atoms with Crippen molar-refractivity contribution in [1.29, 1.82) is 0 Å². The van der Waals surface area contributed by atoms with Gasteiger partial charge in [0.1, 0.15) is 5.82 Å². The van der Waals surface area contributed by atoms with Crippen molar-refractivity contribution in [3.05, 3.63) is 35.9 Å². The Balaban J connectivity index is 1.90. The largest absolute Gasteiger partial charge is 0.377 e. The quantitative estimate of drug-likeness (QED) is 0.874. The summed E-state index contributed by atoms with van der Waals surface area (Å²) in [5, 5.41) is 4.47. The Morgan fingerprint density at radius 3 is 2.86 bits per heavy atom. The minimum Gasteiger partial charge on any atom is -0.377 e. The number of hydrogen-bond acceptors (Lipinski definition) is 5. The molecule has 0 fully saturated rings. The number of fused-ring (bicyclic) bond motifs is 1. The van der Waals surface area contributed by atoms with Crippen LogP contribution in [0.5, 0.6) is 0 Å². The van der Waals surface area contributed by atoms with Crippen LogP contribution in [-0.2, 0) is 4.74 Å². The van der Waals surface area contributed by atoms with Crippen molar-refractivity contribution in [3.8, 4) is 0 Å². The summed E-state index contributed by atoms with van der Waals surface area (Å²) in [6.07, 6.45) is 3.23. The summed E-state index contributed by atoms with van der Waals surface area (Å²) < 4.78 is 5.47. The first-order valence-corrected chi connectivity index (χ1v) is 7.17. The van der Waals surface area contributed by atoms with Crippen molar-refractivity contribution < 1.29 is 4.74 Å². The number of para-hydroxylation sites is 1. The van der Waals surface area contributed by atoms with E-state index in [9.17, 15) is 0 Å². The summed E-state index contributed by atoms with van der Waals surface area (Å²) in [4.78, 5) is 11.1. The molecule has 0 unspecified atom stereocenters. The maximum atomic E-state index is 5.47. The molecule has 2 aromatic rings. The molecular formula is C16H20N4O. The van der Waals surface area contributed by atoms with Gasteiger partial charge < -0.3 is 15.0 Å². The van der Waals surface area contributed by atoms with E-state index in [0.717, 1.165) is 36.3 Å². The molecule has 1 aliphatic heterocycles. The van der Waals surface area contributed by atoms with Crippen LogP contribution in [0.3, 0.4) is 0 Å². The molecule has 2 heterocycles. The summed E-state index contributed by atoms with van der Waals surface area (Å²) in [5.74, 6) is 1.58. The SMILES string of the molecule is CN(C)c1nc(NCC2=CCCOC2)c2ccccc2n1. The van der Waals surface area contributed by atoms with E-state index in [-0.39, 0.29) is 0 Å². The van der Waals surface area contributed by atoms with Gasteiger partial charge in [-0.2, -0.15) is 4.98 Å². The zero-order valence-electron chi connectivity index (χ0n) is 12.5. The molecule has 1 N–H and O–H groups in total. The normalized spacial score (nSPS) is 14.9. The van der Waals surface area contributed by atoms with Crippen molar-refractivity contribution in [2.75, 3.05) is 44.1 Å². The predicted molar refractivity (Wildman–Crippen MR) is 85.9 cm³/mol. The number of hydrogen-bond donors (Lipinski definition) is 1. The molecule has 1 aromatic carbocycles. The summed E-state index contributed by atoms with van der Waals surface area (Å²) in [6.45, 7) is 2.29. The van der Waals surface area contributed by atoms with Crippen molar-refractivity contribution >= 4 is 22.7 Å². The van der Waals surface area contributed by atoms with Gasteiger partial charge >= 0.3 is 0 Å². The fourth-order valence-corrected chi connectivity index (χ4v) is 2.33. The molecule has 0 amide bonds.